The maximum absolute atomic E-state index is 12.4. The zero-order chi connectivity index (χ0) is 21.5. The predicted molar refractivity (Wildman–Crippen MR) is 124 cm³/mol. The van der Waals surface area contributed by atoms with Gasteiger partial charge in [-0.15, -0.1) is 0 Å². The van der Waals surface area contributed by atoms with E-state index in [9.17, 15) is 10.1 Å². The maximum atomic E-state index is 12.4. The molecule has 30 heavy (non-hydrogen) atoms. The van der Waals surface area contributed by atoms with Gasteiger partial charge < -0.3 is 10.1 Å². The molecule has 0 spiro atoms. The largest absolute Gasteiger partial charge is 0.489 e. The Morgan fingerprint density at radius 3 is 2.43 bits per heavy atom. The number of ether oxygens (including phenoxy) is 1. The molecule has 0 heterocycles. The summed E-state index contributed by atoms with van der Waals surface area (Å²) in [6, 6.07) is 21.8. The number of amides is 1. The third-order valence-electron chi connectivity index (χ3n) is 4.07. The molecular weight excluding hydrogens is 487 g/mol. The number of nitrogens with zero attached hydrogens (tertiary/aromatic N) is 1. The molecule has 0 aliphatic heterocycles. The molecule has 0 aliphatic rings. The summed E-state index contributed by atoms with van der Waals surface area (Å²) in [5, 5.41) is 12.5. The molecule has 0 bridgehead atoms. The van der Waals surface area contributed by atoms with E-state index in [4.69, 9.17) is 27.9 Å². The van der Waals surface area contributed by atoms with Crippen molar-refractivity contribution in [2.24, 2.45) is 0 Å². The molecule has 3 aromatic rings. The summed E-state index contributed by atoms with van der Waals surface area (Å²) in [5.74, 6) is 0.112. The Morgan fingerprint density at radius 2 is 1.77 bits per heavy atom. The first-order valence-corrected chi connectivity index (χ1v) is 10.4. The van der Waals surface area contributed by atoms with Crippen molar-refractivity contribution in [3.63, 3.8) is 0 Å². The summed E-state index contributed by atoms with van der Waals surface area (Å²) < 4.78 is 6.77. The fourth-order valence-electron chi connectivity index (χ4n) is 2.51. The number of carbonyl (C=O) groups excluding carboxylic acids is 1. The number of nitrogens with one attached hydrogen (secondary N) is 1. The Bertz CT molecular complexity index is 1120. The van der Waals surface area contributed by atoms with Crippen molar-refractivity contribution < 1.29 is 9.53 Å². The lowest BCUT2D eigenvalue weighted by molar-refractivity contribution is -0.112. The van der Waals surface area contributed by atoms with E-state index in [1.165, 1.54) is 6.08 Å². The second-order valence-corrected chi connectivity index (χ2v) is 7.91. The monoisotopic (exact) mass is 500 g/mol. The number of hydrogen-bond acceptors (Lipinski definition) is 3. The minimum absolute atomic E-state index is 0.0606. The molecule has 7 heteroatoms. The van der Waals surface area contributed by atoms with E-state index in [0.717, 1.165) is 10.0 Å². The second-order valence-electron chi connectivity index (χ2n) is 6.21. The first-order chi connectivity index (χ1) is 14.5. The summed E-state index contributed by atoms with van der Waals surface area (Å²) >= 11 is 15.4. The Hall–Kier alpha value is -2.78. The smallest absolute Gasteiger partial charge is 0.266 e. The van der Waals surface area contributed by atoms with Crippen LogP contribution in [0.15, 0.2) is 76.8 Å². The molecule has 0 aliphatic carbocycles. The van der Waals surface area contributed by atoms with Crippen LogP contribution in [0.4, 0.5) is 5.69 Å². The van der Waals surface area contributed by atoms with Crippen LogP contribution >= 0.6 is 39.1 Å². The molecule has 3 aromatic carbocycles. The lowest BCUT2D eigenvalue weighted by atomic mass is 10.1. The van der Waals surface area contributed by atoms with Gasteiger partial charge in [0.05, 0.1) is 15.7 Å². The van der Waals surface area contributed by atoms with Crippen LogP contribution in [0.5, 0.6) is 5.75 Å². The number of carbonyl (C=O) groups is 1. The van der Waals surface area contributed by atoms with Gasteiger partial charge in [-0.25, -0.2) is 0 Å². The van der Waals surface area contributed by atoms with Crippen LogP contribution in [0, 0.1) is 11.3 Å². The fraction of sp³-hybridized carbons (Fsp3) is 0.0435. The second kappa shape index (κ2) is 10.3. The Balaban J connectivity index is 1.66. The standard InChI is InChI=1S/C23H15BrCl2N2O2/c24-18-8-4-16(5-9-18)14-30-19-10-6-15(7-11-19)12-17(13-27)23(29)28-21-3-1-2-20(25)22(21)26/h1-12H,14H2,(H,28,29)/b17-12-. The molecule has 0 radical (unpaired) electrons. The zero-order valence-electron chi connectivity index (χ0n) is 15.5. The Kier molecular flexibility index (Phi) is 7.53. The van der Waals surface area contributed by atoms with Crippen molar-refractivity contribution in [1.82, 2.24) is 0 Å². The minimum atomic E-state index is -0.572. The van der Waals surface area contributed by atoms with Crippen LogP contribution < -0.4 is 10.1 Å². The van der Waals surface area contributed by atoms with Gasteiger partial charge in [-0.2, -0.15) is 5.26 Å². The van der Waals surface area contributed by atoms with Gasteiger partial charge in [-0.3, -0.25) is 4.79 Å². The molecule has 1 amide bonds. The van der Waals surface area contributed by atoms with Crippen LogP contribution in [0.1, 0.15) is 11.1 Å². The molecule has 0 saturated heterocycles. The van der Waals surface area contributed by atoms with Gasteiger partial charge in [-0.05, 0) is 53.6 Å². The first kappa shape index (κ1) is 21.9. The van der Waals surface area contributed by atoms with Crippen LogP contribution in [0.3, 0.4) is 0 Å². The average molecular weight is 502 g/mol. The molecule has 150 valence electrons. The highest BCUT2D eigenvalue weighted by Crippen LogP contribution is 2.29. The van der Waals surface area contributed by atoms with Crippen molar-refractivity contribution in [3.05, 3.63) is 97.9 Å². The predicted octanol–water partition coefficient (Wildman–Crippen LogP) is 6.88. The highest BCUT2D eigenvalue weighted by Gasteiger charge is 2.12. The number of nitriles is 1. The van der Waals surface area contributed by atoms with Crippen molar-refractivity contribution in [2.75, 3.05) is 5.32 Å². The van der Waals surface area contributed by atoms with Crippen LogP contribution in [0.25, 0.3) is 6.08 Å². The van der Waals surface area contributed by atoms with Gasteiger partial charge in [0.2, 0.25) is 0 Å². The third kappa shape index (κ3) is 5.87. The summed E-state index contributed by atoms with van der Waals surface area (Å²) in [4.78, 5) is 12.4. The zero-order valence-corrected chi connectivity index (χ0v) is 18.6. The van der Waals surface area contributed by atoms with E-state index in [1.54, 1.807) is 42.5 Å². The minimum Gasteiger partial charge on any atom is -0.489 e. The molecule has 4 nitrogen and oxygen atoms in total. The summed E-state index contributed by atoms with van der Waals surface area (Å²) in [7, 11) is 0. The quantitative estimate of drug-likeness (QED) is 0.295. The highest BCUT2D eigenvalue weighted by atomic mass is 79.9. The van der Waals surface area contributed by atoms with Crippen LogP contribution in [-0.4, -0.2) is 5.91 Å². The van der Waals surface area contributed by atoms with Gasteiger partial charge in [0.15, 0.2) is 0 Å². The van der Waals surface area contributed by atoms with Gasteiger partial charge in [0.1, 0.15) is 24.0 Å². The maximum Gasteiger partial charge on any atom is 0.266 e. The van der Waals surface area contributed by atoms with E-state index in [2.05, 4.69) is 21.2 Å². The summed E-state index contributed by atoms with van der Waals surface area (Å²) in [6.45, 7) is 0.439. The fourth-order valence-corrected chi connectivity index (χ4v) is 3.12. The van der Waals surface area contributed by atoms with Crippen molar-refractivity contribution >= 4 is 56.8 Å². The normalized spacial score (nSPS) is 10.9. The molecule has 0 unspecified atom stereocenters. The summed E-state index contributed by atoms with van der Waals surface area (Å²) in [5.41, 5.74) is 2.02. The highest BCUT2D eigenvalue weighted by molar-refractivity contribution is 9.10. The average Bonchev–Trinajstić information content (AvgIpc) is 2.75. The molecule has 3 rings (SSSR count). The van der Waals surface area contributed by atoms with Gasteiger partial charge in [-0.1, -0.05) is 69.5 Å². The third-order valence-corrected chi connectivity index (χ3v) is 5.42. The molecule has 0 fully saturated rings. The van der Waals surface area contributed by atoms with E-state index >= 15 is 0 Å². The van der Waals surface area contributed by atoms with Crippen molar-refractivity contribution in [3.8, 4) is 11.8 Å². The van der Waals surface area contributed by atoms with E-state index in [0.29, 0.717) is 28.6 Å². The SMILES string of the molecule is N#C/C(=C/c1ccc(OCc2ccc(Br)cc2)cc1)C(=O)Nc1cccc(Cl)c1Cl. The Morgan fingerprint density at radius 1 is 1.07 bits per heavy atom. The van der Waals surface area contributed by atoms with Gasteiger partial charge in [0, 0.05) is 4.47 Å². The van der Waals surface area contributed by atoms with Crippen molar-refractivity contribution in [2.45, 2.75) is 6.61 Å². The van der Waals surface area contributed by atoms with Crippen LogP contribution in [0.2, 0.25) is 10.0 Å². The lowest BCUT2D eigenvalue weighted by Gasteiger charge is -2.08. The number of hydrogen-bond donors (Lipinski definition) is 1. The van der Waals surface area contributed by atoms with Gasteiger partial charge in [0.25, 0.3) is 5.91 Å². The first-order valence-electron chi connectivity index (χ1n) is 8.81. The van der Waals surface area contributed by atoms with E-state index in [1.807, 2.05) is 30.3 Å². The number of benzene rings is 3. The topological polar surface area (TPSA) is 62.1 Å². The number of halogens is 3. The van der Waals surface area contributed by atoms with Gasteiger partial charge >= 0.3 is 0 Å². The molecule has 0 atom stereocenters. The van der Waals surface area contributed by atoms with Crippen molar-refractivity contribution in [1.29, 1.82) is 5.26 Å². The lowest BCUT2D eigenvalue weighted by Crippen LogP contribution is -2.13. The van der Waals surface area contributed by atoms with E-state index in [-0.39, 0.29) is 10.6 Å². The molecular formula is C23H15BrCl2N2O2. The number of anilines is 1. The molecule has 0 saturated carbocycles. The van der Waals surface area contributed by atoms with E-state index < -0.39 is 5.91 Å². The Labute approximate surface area is 192 Å². The molecule has 1 N–H and O–H groups in total. The number of rotatable bonds is 6. The van der Waals surface area contributed by atoms with Crippen LogP contribution in [-0.2, 0) is 11.4 Å². The molecule has 0 aromatic heterocycles. The summed E-state index contributed by atoms with van der Waals surface area (Å²) in [6.07, 6.45) is 1.49.